The monoisotopic (exact) mass is 232 g/mol. The van der Waals surface area contributed by atoms with Gasteiger partial charge in [0.2, 0.25) is 0 Å². The number of hydrogen-bond donors (Lipinski definition) is 1. The first-order chi connectivity index (χ1) is 6.59. The molecule has 0 atom stereocenters. The van der Waals surface area contributed by atoms with Crippen LogP contribution in [0.15, 0.2) is 24.3 Å². The lowest BCUT2D eigenvalue weighted by Crippen LogP contribution is -2.23. The third-order valence-corrected chi connectivity index (χ3v) is 3.50. The first-order valence-corrected chi connectivity index (χ1v) is 5.56. The van der Waals surface area contributed by atoms with Gasteiger partial charge in [-0.25, -0.2) is 0 Å². The molecule has 0 saturated heterocycles. The van der Waals surface area contributed by atoms with Gasteiger partial charge in [0.25, 0.3) is 0 Å². The first kappa shape index (κ1) is 11.7. The second kappa shape index (κ2) is 4.90. The lowest BCUT2D eigenvalue weighted by atomic mass is 9.87. The van der Waals surface area contributed by atoms with Crippen LogP contribution in [0, 0.1) is 5.41 Å². The highest BCUT2D eigenvalue weighted by atomic mass is 35.5. The SMILES string of the molecule is CC(CCl)(CCl)Cc1ccc(O)cc1. The van der Waals surface area contributed by atoms with Gasteiger partial charge in [-0.3, -0.25) is 0 Å². The van der Waals surface area contributed by atoms with Gasteiger partial charge in [0.15, 0.2) is 0 Å². The van der Waals surface area contributed by atoms with Gasteiger partial charge in [0.05, 0.1) is 0 Å². The maximum absolute atomic E-state index is 9.12. The minimum atomic E-state index is -0.0694. The van der Waals surface area contributed by atoms with Crippen LogP contribution in [0.25, 0.3) is 0 Å². The second-order valence-electron chi connectivity index (χ2n) is 3.92. The van der Waals surface area contributed by atoms with E-state index in [9.17, 15) is 0 Å². The largest absolute Gasteiger partial charge is 0.508 e. The molecule has 0 fully saturated rings. The van der Waals surface area contributed by atoms with Crippen LogP contribution in [0.1, 0.15) is 12.5 Å². The average Bonchev–Trinajstić information content (AvgIpc) is 2.21. The number of alkyl halides is 2. The lowest BCUT2D eigenvalue weighted by Gasteiger charge is -2.24. The molecule has 1 aromatic rings. The van der Waals surface area contributed by atoms with Crippen molar-refractivity contribution >= 4 is 23.2 Å². The zero-order valence-corrected chi connectivity index (χ0v) is 9.65. The normalized spacial score (nSPS) is 11.6. The molecule has 0 radical (unpaired) electrons. The average molecular weight is 233 g/mol. The van der Waals surface area contributed by atoms with Crippen LogP contribution in [-0.2, 0) is 6.42 Å². The summed E-state index contributed by atoms with van der Waals surface area (Å²) in [6, 6.07) is 7.15. The minimum Gasteiger partial charge on any atom is -0.508 e. The number of phenols is 1. The van der Waals surface area contributed by atoms with Crippen LogP contribution >= 0.6 is 23.2 Å². The van der Waals surface area contributed by atoms with E-state index in [-0.39, 0.29) is 11.2 Å². The van der Waals surface area contributed by atoms with Crippen LogP contribution in [0.2, 0.25) is 0 Å². The Labute approximate surface area is 94.7 Å². The summed E-state index contributed by atoms with van der Waals surface area (Å²) in [5.74, 6) is 1.36. The maximum Gasteiger partial charge on any atom is 0.115 e. The van der Waals surface area contributed by atoms with Gasteiger partial charge < -0.3 is 5.11 Å². The molecule has 0 spiro atoms. The molecule has 0 aliphatic heterocycles. The number of aromatic hydroxyl groups is 1. The van der Waals surface area contributed by atoms with Crippen LogP contribution in [0.3, 0.4) is 0 Å². The minimum absolute atomic E-state index is 0.0694. The molecule has 0 bridgehead atoms. The lowest BCUT2D eigenvalue weighted by molar-refractivity contribution is 0.424. The molecule has 0 amide bonds. The summed E-state index contributed by atoms with van der Waals surface area (Å²) >= 11 is 11.7. The Morgan fingerprint density at radius 1 is 1.14 bits per heavy atom. The van der Waals surface area contributed by atoms with Crippen molar-refractivity contribution < 1.29 is 5.11 Å². The van der Waals surface area contributed by atoms with Crippen LogP contribution in [-0.4, -0.2) is 16.9 Å². The Morgan fingerprint density at radius 3 is 2.07 bits per heavy atom. The van der Waals surface area contributed by atoms with Gasteiger partial charge in [-0.1, -0.05) is 19.1 Å². The van der Waals surface area contributed by atoms with E-state index < -0.39 is 0 Å². The first-order valence-electron chi connectivity index (χ1n) is 4.49. The van der Waals surface area contributed by atoms with E-state index in [2.05, 4.69) is 6.92 Å². The van der Waals surface area contributed by atoms with E-state index in [1.54, 1.807) is 12.1 Å². The van der Waals surface area contributed by atoms with E-state index in [1.165, 1.54) is 0 Å². The highest BCUT2D eigenvalue weighted by Crippen LogP contribution is 2.26. The van der Waals surface area contributed by atoms with Crippen molar-refractivity contribution in [1.82, 2.24) is 0 Å². The topological polar surface area (TPSA) is 20.2 Å². The van der Waals surface area contributed by atoms with Crippen molar-refractivity contribution in [2.24, 2.45) is 5.41 Å². The molecule has 1 aromatic carbocycles. The second-order valence-corrected chi connectivity index (χ2v) is 4.46. The van der Waals surface area contributed by atoms with Gasteiger partial charge in [0, 0.05) is 11.8 Å². The Bertz CT molecular complexity index is 278. The molecule has 1 rings (SSSR count). The molecule has 14 heavy (non-hydrogen) atoms. The summed E-state index contributed by atoms with van der Waals surface area (Å²) < 4.78 is 0. The van der Waals surface area contributed by atoms with E-state index in [0.717, 1.165) is 12.0 Å². The van der Waals surface area contributed by atoms with Crippen LogP contribution in [0.5, 0.6) is 5.75 Å². The number of rotatable bonds is 4. The summed E-state index contributed by atoms with van der Waals surface area (Å²) in [4.78, 5) is 0. The number of benzene rings is 1. The van der Waals surface area contributed by atoms with Crippen molar-refractivity contribution in [2.75, 3.05) is 11.8 Å². The van der Waals surface area contributed by atoms with Crippen molar-refractivity contribution in [3.63, 3.8) is 0 Å². The van der Waals surface area contributed by atoms with E-state index in [0.29, 0.717) is 11.8 Å². The predicted octanol–water partition coefficient (Wildman–Crippen LogP) is 3.42. The third kappa shape index (κ3) is 3.07. The summed E-state index contributed by atoms with van der Waals surface area (Å²) in [7, 11) is 0. The summed E-state index contributed by atoms with van der Waals surface area (Å²) in [5.41, 5.74) is 1.08. The molecule has 0 unspecified atom stereocenters. The van der Waals surface area contributed by atoms with Crippen molar-refractivity contribution in [1.29, 1.82) is 0 Å². The van der Waals surface area contributed by atoms with Crippen molar-refractivity contribution in [3.05, 3.63) is 29.8 Å². The number of halogens is 2. The smallest absolute Gasteiger partial charge is 0.115 e. The predicted molar refractivity (Wildman–Crippen MR) is 61.4 cm³/mol. The Kier molecular flexibility index (Phi) is 4.09. The van der Waals surface area contributed by atoms with Crippen molar-refractivity contribution in [3.8, 4) is 5.75 Å². The summed E-state index contributed by atoms with van der Waals surface area (Å²) in [5, 5.41) is 9.12. The molecular formula is C11H14Cl2O. The van der Waals surface area contributed by atoms with Crippen LogP contribution in [0.4, 0.5) is 0 Å². The molecule has 0 aromatic heterocycles. The van der Waals surface area contributed by atoms with E-state index >= 15 is 0 Å². The number of hydrogen-bond acceptors (Lipinski definition) is 1. The maximum atomic E-state index is 9.12. The molecular weight excluding hydrogens is 219 g/mol. The van der Waals surface area contributed by atoms with Crippen molar-refractivity contribution in [2.45, 2.75) is 13.3 Å². The highest BCUT2D eigenvalue weighted by molar-refractivity contribution is 6.21. The molecule has 0 aliphatic rings. The third-order valence-electron chi connectivity index (χ3n) is 2.21. The van der Waals surface area contributed by atoms with Crippen LogP contribution < -0.4 is 0 Å². The molecule has 1 nitrogen and oxygen atoms in total. The zero-order valence-electron chi connectivity index (χ0n) is 8.13. The summed E-state index contributed by atoms with van der Waals surface area (Å²) in [6.07, 6.45) is 0.834. The van der Waals surface area contributed by atoms with Gasteiger partial charge >= 0.3 is 0 Å². The highest BCUT2D eigenvalue weighted by Gasteiger charge is 2.22. The fourth-order valence-electron chi connectivity index (χ4n) is 1.24. The van der Waals surface area contributed by atoms with E-state index in [4.69, 9.17) is 28.3 Å². The molecule has 3 heteroatoms. The van der Waals surface area contributed by atoms with Gasteiger partial charge in [-0.15, -0.1) is 23.2 Å². The van der Waals surface area contributed by atoms with Gasteiger partial charge in [-0.05, 0) is 29.5 Å². The molecule has 0 aliphatic carbocycles. The quantitative estimate of drug-likeness (QED) is 0.790. The Morgan fingerprint density at radius 2 is 1.64 bits per heavy atom. The Balaban J connectivity index is 2.72. The van der Waals surface area contributed by atoms with Gasteiger partial charge in [-0.2, -0.15) is 0 Å². The Hall–Kier alpha value is -0.400. The molecule has 78 valence electrons. The molecule has 1 N–H and O–H groups in total. The fraction of sp³-hybridized carbons (Fsp3) is 0.455. The standard InChI is InChI=1S/C11H14Cl2O/c1-11(7-12,8-13)6-9-2-4-10(14)5-3-9/h2-5,14H,6-8H2,1H3. The fourth-order valence-corrected chi connectivity index (χ4v) is 1.71. The zero-order chi connectivity index (χ0) is 10.6. The van der Waals surface area contributed by atoms with Gasteiger partial charge in [0.1, 0.15) is 5.75 Å². The summed E-state index contributed by atoms with van der Waals surface area (Å²) in [6.45, 7) is 2.06. The van der Waals surface area contributed by atoms with E-state index in [1.807, 2.05) is 12.1 Å². The number of phenolic OH excluding ortho intramolecular Hbond substituents is 1. The molecule has 0 saturated carbocycles. The molecule has 0 heterocycles.